The summed E-state index contributed by atoms with van der Waals surface area (Å²) < 4.78 is 29.1. The standard InChI is InChI=1S/C17H20N4O5S/c1-26-17(23)14-5-3-4-6-15(14)19-16(22)13(11-18)12-20-7-9-21(10-8-20)27(2,24)25/h3-6,12H,7-10H2,1-2H3,(H,19,22)/b13-12-. The van der Waals surface area contributed by atoms with Gasteiger partial charge in [-0.1, -0.05) is 12.1 Å². The van der Waals surface area contributed by atoms with Crippen LogP contribution in [-0.4, -0.2) is 69.0 Å². The van der Waals surface area contributed by atoms with Crippen LogP contribution < -0.4 is 5.32 Å². The minimum atomic E-state index is -3.26. The molecule has 1 aromatic rings. The van der Waals surface area contributed by atoms with Crippen molar-refractivity contribution in [3.05, 3.63) is 41.6 Å². The lowest BCUT2D eigenvalue weighted by Crippen LogP contribution is -2.46. The summed E-state index contributed by atoms with van der Waals surface area (Å²) in [6.07, 6.45) is 2.54. The second-order valence-electron chi connectivity index (χ2n) is 5.84. The molecule has 1 fully saturated rings. The Morgan fingerprint density at radius 3 is 2.41 bits per heavy atom. The van der Waals surface area contributed by atoms with E-state index in [1.807, 2.05) is 6.07 Å². The molecule has 0 aromatic heterocycles. The van der Waals surface area contributed by atoms with E-state index in [-0.39, 0.29) is 29.9 Å². The molecule has 9 nitrogen and oxygen atoms in total. The van der Waals surface area contributed by atoms with Crippen molar-refractivity contribution in [2.45, 2.75) is 0 Å². The number of rotatable bonds is 5. The summed E-state index contributed by atoms with van der Waals surface area (Å²) in [4.78, 5) is 25.9. The summed E-state index contributed by atoms with van der Waals surface area (Å²) in [5.41, 5.74) is 0.257. The number of carbonyl (C=O) groups is 2. The quantitative estimate of drug-likeness (QED) is 0.437. The van der Waals surface area contributed by atoms with Gasteiger partial charge in [0.15, 0.2) is 0 Å². The summed E-state index contributed by atoms with van der Waals surface area (Å²) in [5.74, 6) is -1.27. The molecule has 1 aromatic carbocycles. The van der Waals surface area contributed by atoms with Gasteiger partial charge in [-0.15, -0.1) is 0 Å². The van der Waals surface area contributed by atoms with E-state index in [2.05, 4.69) is 10.1 Å². The van der Waals surface area contributed by atoms with Crippen molar-refractivity contribution < 1.29 is 22.7 Å². The molecule has 144 valence electrons. The number of hydrogen-bond donors (Lipinski definition) is 1. The maximum Gasteiger partial charge on any atom is 0.339 e. The van der Waals surface area contributed by atoms with Crippen LogP contribution in [0, 0.1) is 11.3 Å². The predicted octanol–water partition coefficient (Wildman–Crippen LogP) is 0.396. The van der Waals surface area contributed by atoms with E-state index in [1.165, 1.54) is 29.7 Å². The Labute approximate surface area is 157 Å². The summed E-state index contributed by atoms with van der Waals surface area (Å²) in [7, 11) is -2.02. The number of benzene rings is 1. The van der Waals surface area contributed by atoms with Crippen LogP contribution in [0.3, 0.4) is 0 Å². The third kappa shape index (κ3) is 5.29. The Morgan fingerprint density at radius 2 is 1.85 bits per heavy atom. The number of nitrogens with zero attached hydrogens (tertiary/aromatic N) is 3. The minimum Gasteiger partial charge on any atom is -0.465 e. The predicted molar refractivity (Wildman–Crippen MR) is 98.1 cm³/mol. The van der Waals surface area contributed by atoms with Crippen LogP contribution in [0.1, 0.15) is 10.4 Å². The van der Waals surface area contributed by atoms with E-state index in [4.69, 9.17) is 0 Å². The van der Waals surface area contributed by atoms with Gasteiger partial charge in [-0.2, -0.15) is 9.57 Å². The van der Waals surface area contributed by atoms with Gasteiger partial charge >= 0.3 is 5.97 Å². The van der Waals surface area contributed by atoms with Crippen molar-refractivity contribution in [1.82, 2.24) is 9.21 Å². The molecule has 0 aliphatic carbocycles. The molecule has 1 saturated heterocycles. The normalized spacial score (nSPS) is 15.7. The van der Waals surface area contributed by atoms with Crippen LogP contribution in [0.25, 0.3) is 0 Å². The van der Waals surface area contributed by atoms with Gasteiger partial charge in [-0.05, 0) is 12.1 Å². The van der Waals surface area contributed by atoms with E-state index >= 15 is 0 Å². The molecular weight excluding hydrogens is 372 g/mol. The Morgan fingerprint density at radius 1 is 1.22 bits per heavy atom. The highest BCUT2D eigenvalue weighted by atomic mass is 32.2. The van der Waals surface area contributed by atoms with Crippen molar-refractivity contribution in [3.63, 3.8) is 0 Å². The molecule has 1 aliphatic heterocycles. The van der Waals surface area contributed by atoms with Gasteiger partial charge in [-0.3, -0.25) is 4.79 Å². The van der Waals surface area contributed by atoms with E-state index < -0.39 is 21.9 Å². The zero-order valence-electron chi connectivity index (χ0n) is 15.0. The van der Waals surface area contributed by atoms with Crippen molar-refractivity contribution in [1.29, 1.82) is 5.26 Å². The van der Waals surface area contributed by atoms with Crippen molar-refractivity contribution in [3.8, 4) is 6.07 Å². The second kappa shape index (κ2) is 8.66. The molecular formula is C17H20N4O5S. The number of hydrogen-bond acceptors (Lipinski definition) is 7. The van der Waals surface area contributed by atoms with Gasteiger partial charge in [0.1, 0.15) is 11.6 Å². The summed E-state index contributed by atoms with van der Waals surface area (Å²) in [6, 6.07) is 8.14. The molecule has 27 heavy (non-hydrogen) atoms. The van der Waals surface area contributed by atoms with E-state index in [1.54, 1.807) is 17.0 Å². The highest BCUT2D eigenvalue weighted by Gasteiger charge is 2.23. The monoisotopic (exact) mass is 392 g/mol. The lowest BCUT2D eigenvalue weighted by Gasteiger charge is -2.32. The molecule has 1 heterocycles. The average molecular weight is 392 g/mol. The number of ether oxygens (including phenoxy) is 1. The van der Waals surface area contributed by atoms with Crippen LogP contribution in [0.2, 0.25) is 0 Å². The van der Waals surface area contributed by atoms with Gasteiger partial charge in [0.25, 0.3) is 5.91 Å². The number of para-hydroxylation sites is 1. The van der Waals surface area contributed by atoms with Crippen molar-refractivity contribution in [2.75, 3.05) is 44.9 Å². The number of nitrogens with one attached hydrogen (secondary N) is 1. The van der Waals surface area contributed by atoms with Gasteiger partial charge < -0.3 is 15.0 Å². The second-order valence-corrected chi connectivity index (χ2v) is 7.83. The zero-order chi connectivity index (χ0) is 20.0. The largest absolute Gasteiger partial charge is 0.465 e. The van der Waals surface area contributed by atoms with Gasteiger partial charge in [-0.25, -0.2) is 13.2 Å². The first kappa shape index (κ1) is 20.4. The number of sulfonamides is 1. The molecule has 1 amide bonds. The topological polar surface area (TPSA) is 120 Å². The molecule has 0 bridgehead atoms. The first-order valence-corrected chi connectivity index (χ1v) is 9.91. The van der Waals surface area contributed by atoms with E-state index in [9.17, 15) is 23.3 Å². The fourth-order valence-electron chi connectivity index (χ4n) is 2.55. The summed E-state index contributed by atoms with van der Waals surface area (Å²) >= 11 is 0. The SMILES string of the molecule is COC(=O)c1ccccc1NC(=O)/C(C#N)=C\N1CCN(S(C)(=O)=O)CC1. The first-order chi connectivity index (χ1) is 12.8. The minimum absolute atomic E-state index is 0.150. The van der Waals surface area contributed by atoms with Crippen LogP contribution in [0.5, 0.6) is 0 Å². The number of methoxy groups -OCH3 is 1. The number of carbonyl (C=O) groups excluding carboxylic acids is 2. The molecule has 0 atom stereocenters. The molecule has 0 radical (unpaired) electrons. The van der Waals surface area contributed by atoms with Crippen LogP contribution in [0.15, 0.2) is 36.0 Å². The third-order valence-corrected chi connectivity index (χ3v) is 5.30. The fourth-order valence-corrected chi connectivity index (χ4v) is 3.38. The fraction of sp³-hybridized carbons (Fsp3) is 0.353. The average Bonchev–Trinajstić information content (AvgIpc) is 2.65. The molecule has 2 rings (SSSR count). The smallest absolute Gasteiger partial charge is 0.339 e. The molecule has 0 spiro atoms. The molecule has 0 unspecified atom stereocenters. The maximum absolute atomic E-state index is 12.4. The Bertz CT molecular complexity index is 896. The molecule has 10 heteroatoms. The molecule has 0 saturated carbocycles. The van der Waals surface area contributed by atoms with Gasteiger partial charge in [0.05, 0.1) is 24.6 Å². The highest BCUT2D eigenvalue weighted by molar-refractivity contribution is 7.88. The number of anilines is 1. The van der Waals surface area contributed by atoms with Crippen molar-refractivity contribution in [2.24, 2.45) is 0 Å². The molecule has 1 N–H and O–H groups in total. The number of nitriles is 1. The van der Waals surface area contributed by atoms with Gasteiger partial charge in [0, 0.05) is 32.4 Å². The highest BCUT2D eigenvalue weighted by Crippen LogP contribution is 2.17. The zero-order valence-corrected chi connectivity index (χ0v) is 15.8. The number of piperazine rings is 1. The lowest BCUT2D eigenvalue weighted by atomic mass is 10.1. The maximum atomic E-state index is 12.4. The lowest BCUT2D eigenvalue weighted by molar-refractivity contribution is -0.112. The first-order valence-electron chi connectivity index (χ1n) is 8.06. The Balaban J connectivity index is 2.10. The number of esters is 1. The summed E-state index contributed by atoms with van der Waals surface area (Å²) in [6.45, 7) is 1.29. The van der Waals surface area contributed by atoms with Gasteiger partial charge in [0.2, 0.25) is 10.0 Å². The Hall–Kier alpha value is -2.90. The summed E-state index contributed by atoms with van der Waals surface area (Å²) in [5, 5.41) is 11.8. The van der Waals surface area contributed by atoms with Crippen LogP contribution in [0.4, 0.5) is 5.69 Å². The van der Waals surface area contributed by atoms with Crippen LogP contribution >= 0.6 is 0 Å². The number of amides is 1. The van der Waals surface area contributed by atoms with E-state index in [0.29, 0.717) is 13.1 Å². The van der Waals surface area contributed by atoms with Crippen LogP contribution in [-0.2, 0) is 19.6 Å². The van der Waals surface area contributed by atoms with Crippen molar-refractivity contribution >= 4 is 27.6 Å². The van der Waals surface area contributed by atoms with E-state index in [0.717, 1.165) is 6.26 Å². The third-order valence-electron chi connectivity index (χ3n) is 4.00. The molecule has 1 aliphatic rings. The Kier molecular flexibility index (Phi) is 6.55.